The van der Waals surface area contributed by atoms with E-state index in [0.29, 0.717) is 0 Å². The van der Waals surface area contributed by atoms with Crippen molar-refractivity contribution < 1.29 is 38.6 Å². The molecule has 0 unspecified atom stereocenters. The van der Waals surface area contributed by atoms with E-state index in [2.05, 4.69) is 26.6 Å². The Bertz CT molecular complexity index is 1620. The van der Waals surface area contributed by atoms with Crippen LogP contribution in [-0.4, -0.2) is 79.1 Å². The highest BCUT2D eigenvalue weighted by atomic mass is 16.5. The van der Waals surface area contributed by atoms with Gasteiger partial charge in [-0.3, -0.25) is 24.0 Å². The van der Waals surface area contributed by atoms with Crippen LogP contribution >= 0.6 is 0 Å². The molecule has 0 fully saturated rings. The molecule has 6 N–H and O–H groups in total. The first-order chi connectivity index (χ1) is 23.5. The van der Waals surface area contributed by atoms with Gasteiger partial charge >= 0.3 is 12.1 Å². The fraction of sp³-hybridized carbons (Fsp3) is 0.333. The van der Waals surface area contributed by atoms with Crippen molar-refractivity contribution in [1.29, 1.82) is 0 Å². The molecule has 0 bridgehead atoms. The average molecular weight is 672 g/mol. The monoisotopic (exact) mass is 671 g/mol. The van der Waals surface area contributed by atoms with Gasteiger partial charge in [0.2, 0.25) is 23.6 Å². The lowest BCUT2D eigenvalue weighted by atomic mass is 9.98. The van der Waals surface area contributed by atoms with Gasteiger partial charge in [0.25, 0.3) is 0 Å². The lowest BCUT2D eigenvalue weighted by Gasteiger charge is -2.24. The Morgan fingerprint density at radius 3 is 1.88 bits per heavy atom. The molecule has 1 aliphatic carbocycles. The van der Waals surface area contributed by atoms with Gasteiger partial charge in [-0.1, -0.05) is 92.7 Å². The van der Waals surface area contributed by atoms with Gasteiger partial charge in [0.15, 0.2) is 0 Å². The van der Waals surface area contributed by atoms with Crippen LogP contribution < -0.4 is 26.6 Å². The van der Waals surface area contributed by atoms with Gasteiger partial charge in [-0.25, -0.2) is 4.79 Å². The van der Waals surface area contributed by atoms with Crippen LogP contribution in [0.1, 0.15) is 42.9 Å². The number of benzene rings is 3. The summed E-state index contributed by atoms with van der Waals surface area (Å²) in [6, 6.07) is 22.6. The zero-order chi connectivity index (χ0) is 35.3. The molecule has 0 spiro atoms. The van der Waals surface area contributed by atoms with Gasteiger partial charge in [-0.2, -0.15) is 0 Å². The first-order valence-corrected chi connectivity index (χ1v) is 16.0. The van der Waals surface area contributed by atoms with Crippen LogP contribution in [0.25, 0.3) is 11.1 Å². The van der Waals surface area contributed by atoms with Gasteiger partial charge in [-0.05, 0) is 40.2 Å². The zero-order valence-corrected chi connectivity index (χ0v) is 27.4. The predicted octanol–water partition coefficient (Wildman–Crippen LogP) is 2.10. The quantitative estimate of drug-likeness (QED) is 0.133. The Kier molecular flexibility index (Phi) is 12.9. The maximum Gasteiger partial charge on any atom is 0.407 e. The van der Waals surface area contributed by atoms with Crippen LogP contribution in [0.3, 0.4) is 0 Å². The van der Waals surface area contributed by atoms with Crippen LogP contribution in [-0.2, 0) is 35.1 Å². The molecule has 3 aromatic carbocycles. The van der Waals surface area contributed by atoms with Crippen LogP contribution in [0.4, 0.5) is 4.79 Å². The van der Waals surface area contributed by atoms with Crippen molar-refractivity contribution in [3.05, 3.63) is 95.6 Å². The Balaban J connectivity index is 1.27. The minimum absolute atomic E-state index is 0.0136. The summed E-state index contributed by atoms with van der Waals surface area (Å²) in [7, 11) is 0. The first-order valence-electron chi connectivity index (χ1n) is 16.0. The fourth-order valence-electron chi connectivity index (χ4n) is 5.61. The van der Waals surface area contributed by atoms with Gasteiger partial charge in [0.05, 0.1) is 6.54 Å². The number of carboxylic acid groups (broad SMARTS) is 1. The summed E-state index contributed by atoms with van der Waals surface area (Å²) in [5, 5.41) is 21.2. The van der Waals surface area contributed by atoms with E-state index in [0.717, 1.165) is 27.8 Å². The van der Waals surface area contributed by atoms with E-state index < -0.39 is 67.4 Å². The molecule has 49 heavy (non-hydrogen) atoms. The maximum absolute atomic E-state index is 13.4. The summed E-state index contributed by atoms with van der Waals surface area (Å²) in [5.74, 6) is -4.03. The van der Waals surface area contributed by atoms with Crippen LogP contribution in [0, 0.1) is 5.92 Å². The second-order valence-corrected chi connectivity index (χ2v) is 12.1. The van der Waals surface area contributed by atoms with E-state index in [9.17, 15) is 28.8 Å². The summed E-state index contributed by atoms with van der Waals surface area (Å²) in [5.41, 5.74) is 5.01. The molecule has 13 heteroatoms. The fourth-order valence-corrected chi connectivity index (χ4v) is 5.61. The molecule has 3 aromatic rings. The van der Waals surface area contributed by atoms with Crippen molar-refractivity contribution in [3.8, 4) is 11.1 Å². The molecule has 2 atom stereocenters. The highest BCUT2D eigenvalue weighted by Gasteiger charge is 2.30. The van der Waals surface area contributed by atoms with E-state index >= 15 is 0 Å². The van der Waals surface area contributed by atoms with Crippen LogP contribution in [0.2, 0.25) is 0 Å². The summed E-state index contributed by atoms with van der Waals surface area (Å²) in [4.78, 5) is 74.7. The number of aliphatic carboxylic acids is 1. The van der Waals surface area contributed by atoms with E-state index in [-0.39, 0.29) is 31.3 Å². The maximum atomic E-state index is 13.4. The number of carboxylic acids is 1. The number of ether oxygens (including phenoxy) is 1. The van der Waals surface area contributed by atoms with E-state index in [4.69, 9.17) is 9.84 Å². The van der Waals surface area contributed by atoms with Gasteiger partial charge in [0.1, 0.15) is 31.8 Å². The number of alkyl carbamates (subject to hydrolysis) is 1. The van der Waals surface area contributed by atoms with Crippen molar-refractivity contribution >= 4 is 35.7 Å². The number of nitrogens with one attached hydrogen (secondary N) is 5. The minimum Gasteiger partial charge on any atom is -0.480 e. The van der Waals surface area contributed by atoms with Crippen molar-refractivity contribution in [3.63, 3.8) is 0 Å². The van der Waals surface area contributed by atoms with Gasteiger partial charge in [0, 0.05) is 12.3 Å². The van der Waals surface area contributed by atoms with Crippen molar-refractivity contribution in [2.45, 2.75) is 44.7 Å². The smallest absolute Gasteiger partial charge is 0.407 e. The van der Waals surface area contributed by atoms with Crippen LogP contribution in [0.5, 0.6) is 0 Å². The Morgan fingerprint density at radius 1 is 0.673 bits per heavy atom. The molecule has 0 saturated carbocycles. The number of amides is 5. The van der Waals surface area contributed by atoms with E-state index in [1.54, 1.807) is 30.3 Å². The number of carbonyl (C=O) groups is 6. The Hall–Kier alpha value is -5.72. The molecular weight excluding hydrogens is 630 g/mol. The number of carbonyl (C=O) groups excluding carboxylic acids is 5. The number of rotatable bonds is 16. The molecule has 5 amide bonds. The molecule has 0 saturated heterocycles. The van der Waals surface area contributed by atoms with Crippen molar-refractivity contribution in [1.82, 2.24) is 26.6 Å². The Morgan fingerprint density at radius 2 is 1.27 bits per heavy atom. The third-order valence-electron chi connectivity index (χ3n) is 7.87. The number of fused-ring (bicyclic) bond motifs is 3. The van der Waals surface area contributed by atoms with Gasteiger partial charge in [-0.15, -0.1) is 0 Å². The third-order valence-corrected chi connectivity index (χ3v) is 7.87. The second-order valence-electron chi connectivity index (χ2n) is 12.1. The highest BCUT2D eigenvalue weighted by Crippen LogP contribution is 2.44. The van der Waals surface area contributed by atoms with Crippen molar-refractivity contribution in [2.24, 2.45) is 5.92 Å². The first kappa shape index (κ1) is 36.1. The third kappa shape index (κ3) is 10.6. The number of hydrogen-bond donors (Lipinski definition) is 6. The summed E-state index contributed by atoms with van der Waals surface area (Å²) in [6.45, 7) is 2.23. The lowest BCUT2D eigenvalue weighted by Crippen LogP contribution is -2.56. The standard InChI is InChI=1S/C36H41N5O8/c1-22(2)16-29(34(46)38-20-33(44)45)41-35(47)30(17-23-10-4-3-5-11-23)40-32(43)19-37-31(42)18-39-36(48)49-21-28-26-14-8-6-12-24(26)25-13-7-9-15-27(25)28/h3-15,22,28-30H,16-21H2,1-2H3,(H,37,42)(H,38,46)(H,39,48)(H,40,43)(H,41,47)(H,44,45)/t29-,30-/m0/s1. The van der Waals surface area contributed by atoms with E-state index in [1.165, 1.54) is 0 Å². The molecule has 0 heterocycles. The SMILES string of the molecule is CC(C)C[C@H](NC(=O)[C@H](Cc1ccccc1)NC(=O)CNC(=O)CNC(=O)OCC1c2ccccc2-c2ccccc21)C(=O)NCC(=O)O. The molecule has 0 aromatic heterocycles. The number of hydrogen-bond acceptors (Lipinski definition) is 7. The van der Waals surface area contributed by atoms with Crippen molar-refractivity contribution in [2.75, 3.05) is 26.2 Å². The average Bonchev–Trinajstić information content (AvgIpc) is 3.40. The minimum atomic E-state index is -1.23. The second kappa shape index (κ2) is 17.4. The molecule has 4 rings (SSSR count). The summed E-state index contributed by atoms with van der Waals surface area (Å²) in [6.07, 6.45) is -0.471. The highest BCUT2D eigenvalue weighted by molar-refractivity contribution is 5.94. The molecule has 258 valence electrons. The molecule has 0 radical (unpaired) electrons. The predicted molar refractivity (Wildman–Crippen MR) is 180 cm³/mol. The summed E-state index contributed by atoms with van der Waals surface area (Å²) < 4.78 is 5.44. The van der Waals surface area contributed by atoms with Gasteiger partial charge < -0.3 is 36.4 Å². The Labute approximate surface area is 284 Å². The molecule has 13 nitrogen and oxygen atoms in total. The van der Waals surface area contributed by atoms with Crippen LogP contribution in [0.15, 0.2) is 78.9 Å². The molecule has 1 aliphatic rings. The topological polar surface area (TPSA) is 192 Å². The zero-order valence-electron chi connectivity index (χ0n) is 27.4. The normalized spacial score (nSPS) is 12.9. The lowest BCUT2D eigenvalue weighted by molar-refractivity contribution is -0.138. The largest absolute Gasteiger partial charge is 0.480 e. The molecule has 0 aliphatic heterocycles. The van der Waals surface area contributed by atoms with E-state index in [1.807, 2.05) is 62.4 Å². The summed E-state index contributed by atoms with van der Waals surface area (Å²) >= 11 is 0. The molecular formula is C36H41N5O8.